The van der Waals surface area contributed by atoms with E-state index in [1.54, 1.807) is 0 Å². The normalized spacial score (nSPS) is 29.7. The molecular weight excluding hydrogens is 236 g/mol. The number of hydrogen-bond acceptors (Lipinski definition) is 4. The van der Waals surface area contributed by atoms with Gasteiger partial charge in [-0.25, -0.2) is 10.9 Å². The Kier molecular flexibility index (Phi) is 4.13. The summed E-state index contributed by atoms with van der Waals surface area (Å²) in [4.78, 5) is 2.56. The van der Waals surface area contributed by atoms with Crippen LogP contribution in [0, 0.1) is 5.92 Å². The molecule has 0 bridgehead atoms. The molecule has 2 saturated heterocycles. The molecule has 4 nitrogen and oxygen atoms in total. The van der Waals surface area contributed by atoms with E-state index in [2.05, 4.69) is 46.1 Å². The van der Waals surface area contributed by atoms with Gasteiger partial charge in [-0.05, 0) is 50.4 Å². The van der Waals surface area contributed by atoms with Crippen LogP contribution in [0.1, 0.15) is 30.9 Å². The Hall–Kier alpha value is -0.940. The van der Waals surface area contributed by atoms with Crippen LogP contribution in [0.2, 0.25) is 0 Å². The molecular formula is C15H24N4. The summed E-state index contributed by atoms with van der Waals surface area (Å²) in [6.07, 6.45) is 4.08. The van der Waals surface area contributed by atoms with Crippen molar-refractivity contribution in [2.75, 3.05) is 19.6 Å². The van der Waals surface area contributed by atoms with Crippen LogP contribution in [0.25, 0.3) is 0 Å². The minimum Gasteiger partial charge on any atom is -0.330 e. The molecule has 2 atom stereocenters. The van der Waals surface area contributed by atoms with E-state index in [1.165, 1.54) is 31.5 Å². The first-order valence-electron chi connectivity index (χ1n) is 7.37. The smallest absolute Gasteiger partial charge is 0.0747 e. The van der Waals surface area contributed by atoms with E-state index < -0.39 is 0 Å². The van der Waals surface area contributed by atoms with Gasteiger partial charge in [0, 0.05) is 6.04 Å². The summed E-state index contributed by atoms with van der Waals surface area (Å²) in [5.41, 5.74) is 14.0. The first-order valence-corrected chi connectivity index (χ1v) is 7.37. The predicted molar refractivity (Wildman–Crippen MR) is 77.2 cm³/mol. The molecule has 2 heterocycles. The van der Waals surface area contributed by atoms with Gasteiger partial charge in [0.1, 0.15) is 0 Å². The maximum absolute atomic E-state index is 5.75. The summed E-state index contributed by atoms with van der Waals surface area (Å²) in [5, 5.41) is 0. The van der Waals surface area contributed by atoms with Crippen LogP contribution in [-0.4, -0.2) is 30.7 Å². The van der Waals surface area contributed by atoms with Crippen molar-refractivity contribution in [1.82, 2.24) is 15.8 Å². The van der Waals surface area contributed by atoms with Gasteiger partial charge in [-0.2, -0.15) is 0 Å². The average Bonchev–Trinajstić information content (AvgIpc) is 2.98. The molecule has 2 fully saturated rings. The van der Waals surface area contributed by atoms with Crippen LogP contribution < -0.4 is 16.6 Å². The highest BCUT2D eigenvalue weighted by Gasteiger charge is 2.31. The van der Waals surface area contributed by atoms with Crippen molar-refractivity contribution in [2.45, 2.75) is 31.5 Å². The largest absolute Gasteiger partial charge is 0.330 e. The summed E-state index contributed by atoms with van der Waals surface area (Å²) in [5.74, 6) is 0.732. The molecule has 0 radical (unpaired) electrons. The molecule has 0 amide bonds. The van der Waals surface area contributed by atoms with Crippen LogP contribution in [0.3, 0.4) is 0 Å². The number of nitrogens with two attached hydrogens (primary N) is 1. The van der Waals surface area contributed by atoms with E-state index in [-0.39, 0.29) is 0 Å². The molecule has 4 heteroatoms. The van der Waals surface area contributed by atoms with Crippen molar-refractivity contribution >= 4 is 0 Å². The number of nitrogens with zero attached hydrogens (tertiary/aromatic N) is 1. The lowest BCUT2D eigenvalue weighted by atomic mass is 9.96. The van der Waals surface area contributed by atoms with Gasteiger partial charge in [-0.1, -0.05) is 30.3 Å². The summed E-state index contributed by atoms with van der Waals surface area (Å²) < 4.78 is 0. The Labute approximate surface area is 115 Å². The van der Waals surface area contributed by atoms with Gasteiger partial charge >= 0.3 is 0 Å². The quantitative estimate of drug-likeness (QED) is 0.765. The second-order valence-electron chi connectivity index (χ2n) is 5.72. The fourth-order valence-corrected chi connectivity index (χ4v) is 3.18. The second-order valence-corrected chi connectivity index (χ2v) is 5.72. The minimum absolute atomic E-state index is 0.429. The molecule has 4 N–H and O–H groups in total. The van der Waals surface area contributed by atoms with E-state index in [0.29, 0.717) is 12.2 Å². The number of nitrogens with one attached hydrogen (secondary N) is 2. The highest BCUT2D eigenvalue weighted by atomic mass is 15.5. The molecule has 2 aliphatic heterocycles. The molecule has 0 aromatic heterocycles. The number of hydrogen-bond donors (Lipinski definition) is 3. The van der Waals surface area contributed by atoms with E-state index in [1.807, 2.05) is 0 Å². The van der Waals surface area contributed by atoms with Crippen molar-refractivity contribution in [3.8, 4) is 0 Å². The van der Waals surface area contributed by atoms with Crippen molar-refractivity contribution in [3.63, 3.8) is 0 Å². The van der Waals surface area contributed by atoms with Crippen molar-refractivity contribution < 1.29 is 0 Å². The first kappa shape index (κ1) is 13.1. The summed E-state index contributed by atoms with van der Waals surface area (Å²) in [7, 11) is 0. The highest BCUT2D eigenvalue weighted by molar-refractivity contribution is 5.19. The Morgan fingerprint density at radius 1 is 1.11 bits per heavy atom. The fourth-order valence-electron chi connectivity index (χ4n) is 3.18. The van der Waals surface area contributed by atoms with Gasteiger partial charge in [0.25, 0.3) is 0 Å². The fraction of sp³-hybridized carbons (Fsp3) is 0.600. The topological polar surface area (TPSA) is 53.3 Å². The zero-order valence-corrected chi connectivity index (χ0v) is 11.4. The van der Waals surface area contributed by atoms with Crippen molar-refractivity contribution in [3.05, 3.63) is 35.9 Å². The lowest BCUT2D eigenvalue weighted by molar-refractivity contribution is 0.121. The third-order valence-corrected chi connectivity index (χ3v) is 4.51. The second kappa shape index (κ2) is 6.01. The van der Waals surface area contributed by atoms with E-state index in [9.17, 15) is 0 Å². The SMILES string of the molecule is NCC1CCN(C2CC(c3ccccc3)NN2)CC1. The first-order chi connectivity index (χ1) is 9.36. The Balaban J connectivity index is 1.55. The van der Waals surface area contributed by atoms with Crippen LogP contribution in [0.5, 0.6) is 0 Å². The zero-order chi connectivity index (χ0) is 13.1. The standard InChI is InChI=1S/C15H24N4/c16-11-12-6-8-19(9-7-12)15-10-14(17-18-15)13-4-2-1-3-5-13/h1-5,12,14-15,17-18H,6-11,16H2. The summed E-state index contributed by atoms with van der Waals surface area (Å²) >= 11 is 0. The van der Waals surface area contributed by atoms with E-state index in [0.717, 1.165) is 18.9 Å². The number of likely N-dealkylation sites (tertiary alicyclic amines) is 1. The van der Waals surface area contributed by atoms with Gasteiger partial charge in [0.2, 0.25) is 0 Å². The zero-order valence-electron chi connectivity index (χ0n) is 11.4. The highest BCUT2D eigenvalue weighted by Crippen LogP contribution is 2.26. The van der Waals surface area contributed by atoms with E-state index >= 15 is 0 Å². The van der Waals surface area contributed by atoms with E-state index in [4.69, 9.17) is 5.73 Å². The van der Waals surface area contributed by atoms with Crippen LogP contribution in [0.4, 0.5) is 0 Å². The van der Waals surface area contributed by atoms with Gasteiger partial charge in [-0.15, -0.1) is 0 Å². The third kappa shape index (κ3) is 2.98. The van der Waals surface area contributed by atoms with Gasteiger partial charge < -0.3 is 5.73 Å². The molecule has 2 aliphatic rings. The molecule has 2 unspecified atom stereocenters. The number of benzene rings is 1. The monoisotopic (exact) mass is 260 g/mol. The van der Waals surface area contributed by atoms with Gasteiger partial charge in [0.05, 0.1) is 6.17 Å². The molecule has 0 spiro atoms. The van der Waals surface area contributed by atoms with Crippen molar-refractivity contribution in [2.24, 2.45) is 11.7 Å². The third-order valence-electron chi connectivity index (χ3n) is 4.51. The lowest BCUT2D eigenvalue weighted by Gasteiger charge is -2.35. The lowest BCUT2D eigenvalue weighted by Crippen LogP contribution is -2.48. The Bertz CT molecular complexity index is 386. The number of piperidine rings is 1. The molecule has 1 aromatic rings. The van der Waals surface area contributed by atoms with Gasteiger partial charge in [-0.3, -0.25) is 4.90 Å². The number of rotatable bonds is 3. The Morgan fingerprint density at radius 2 is 1.84 bits per heavy atom. The number of hydrazine groups is 1. The minimum atomic E-state index is 0.429. The molecule has 0 aliphatic carbocycles. The van der Waals surface area contributed by atoms with Crippen LogP contribution >= 0.6 is 0 Å². The van der Waals surface area contributed by atoms with Gasteiger partial charge in [0.15, 0.2) is 0 Å². The van der Waals surface area contributed by atoms with Crippen LogP contribution in [-0.2, 0) is 0 Å². The molecule has 0 saturated carbocycles. The molecule has 1 aromatic carbocycles. The van der Waals surface area contributed by atoms with Crippen LogP contribution in [0.15, 0.2) is 30.3 Å². The maximum atomic E-state index is 5.75. The molecule has 104 valence electrons. The molecule has 19 heavy (non-hydrogen) atoms. The summed E-state index contributed by atoms with van der Waals surface area (Å²) in [6.45, 7) is 3.18. The Morgan fingerprint density at radius 3 is 2.53 bits per heavy atom. The molecule has 3 rings (SSSR count). The van der Waals surface area contributed by atoms with Crippen molar-refractivity contribution in [1.29, 1.82) is 0 Å². The average molecular weight is 260 g/mol. The predicted octanol–water partition coefficient (Wildman–Crippen LogP) is 1.22. The maximum Gasteiger partial charge on any atom is 0.0747 e. The summed E-state index contributed by atoms with van der Waals surface area (Å²) in [6, 6.07) is 11.1.